The predicted octanol–water partition coefficient (Wildman–Crippen LogP) is 2.77. The zero-order valence-corrected chi connectivity index (χ0v) is 7.19. The lowest BCUT2D eigenvalue weighted by Gasteiger charge is -1.90. The minimum absolute atomic E-state index is 0. The number of fused-ring (bicyclic) bond motifs is 1. The molecule has 2 aromatic rings. The van der Waals surface area contributed by atoms with Crippen LogP contribution in [0.5, 0.6) is 0 Å². The molecule has 0 bridgehead atoms. The Hall–Kier alpha value is -0.930. The molecule has 2 heterocycles. The molecule has 2 aromatic heterocycles. The van der Waals surface area contributed by atoms with Gasteiger partial charge in [-0.2, -0.15) is 0 Å². The van der Waals surface area contributed by atoms with Crippen molar-refractivity contribution in [3.05, 3.63) is 29.4 Å². The average Bonchev–Trinajstić information content (AvgIpc) is 2.36. The summed E-state index contributed by atoms with van der Waals surface area (Å²) in [7, 11) is 0. The maximum absolute atomic E-state index is 4.09. The molecule has 0 saturated carbocycles. The van der Waals surface area contributed by atoms with Crippen LogP contribution in [0.1, 0.15) is 5.56 Å². The van der Waals surface area contributed by atoms with Crippen molar-refractivity contribution in [3.8, 4) is 0 Å². The minimum Gasteiger partial charge on any atom is -0.344 e. The maximum Gasteiger partial charge on any atom is 0.0402 e. The van der Waals surface area contributed by atoms with Crippen molar-refractivity contribution < 1.29 is 0 Å². The topological polar surface area (TPSA) is 47.9 Å². The van der Waals surface area contributed by atoms with Crippen LogP contribution in [0.4, 0.5) is 0 Å². The number of rotatable bonds is 0. The van der Waals surface area contributed by atoms with Crippen molar-refractivity contribution >= 4 is 21.4 Å². The summed E-state index contributed by atoms with van der Waals surface area (Å²) in [6.45, 7) is 2.09. The van der Waals surface area contributed by atoms with Gasteiger partial charge in [0.2, 0.25) is 0 Å². The number of hydrogen-bond donors (Lipinski definition) is 1. The van der Waals surface area contributed by atoms with Crippen LogP contribution >= 0.6 is 11.3 Å². The molecule has 58 valence electrons. The summed E-state index contributed by atoms with van der Waals surface area (Å²) in [6.07, 6.45) is 3.80. The molecule has 0 spiro atoms. The molecule has 2 rings (SSSR count). The predicted molar refractivity (Wildman–Crippen MR) is 49.4 cm³/mol. The molecular weight excluding hydrogens is 156 g/mol. The van der Waals surface area contributed by atoms with Crippen LogP contribution in [0, 0.1) is 6.92 Å². The van der Waals surface area contributed by atoms with Crippen LogP contribution in [0.2, 0.25) is 0 Å². The van der Waals surface area contributed by atoms with E-state index in [9.17, 15) is 0 Å². The number of pyridine rings is 1. The molecule has 0 aromatic carbocycles. The van der Waals surface area contributed by atoms with Gasteiger partial charge >= 0.3 is 0 Å². The Kier molecular flexibility index (Phi) is 2.22. The zero-order chi connectivity index (χ0) is 6.97. The molecule has 3 heteroatoms. The van der Waals surface area contributed by atoms with Gasteiger partial charge in [-0.3, -0.25) is 4.98 Å². The van der Waals surface area contributed by atoms with E-state index in [-0.39, 0.29) is 6.15 Å². The quantitative estimate of drug-likeness (QED) is 0.654. The van der Waals surface area contributed by atoms with Gasteiger partial charge in [0.05, 0.1) is 0 Å². The first-order chi connectivity index (χ1) is 4.88. The van der Waals surface area contributed by atoms with Crippen LogP contribution in [0.15, 0.2) is 23.8 Å². The molecule has 0 aliphatic heterocycles. The number of aryl methyl sites for hydroxylation is 1. The van der Waals surface area contributed by atoms with E-state index in [1.54, 1.807) is 11.3 Å². The van der Waals surface area contributed by atoms with Crippen LogP contribution < -0.4 is 6.15 Å². The molecule has 0 saturated heterocycles. The van der Waals surface area contributed by atoms with Crippen molar-refractivity contribution in [2.24, 2.45) is 0 Å². The molecule has 3 N–H and O–H groups in total. The largest absolute Gasteiger partial charge is 0.344 e. The summed E-state index contributed by atoms with van der Waals surface area (Å²) in [4.78, 5) is 4.09. The summed E-state index contributed by atoms with van der Waals surface area (Å²) in [5.74, 6) is 0. The second kappa shape index (κ2) is 2.98. The van der Waals surface area contributed by atoms with E-state index in [2.05, 4.69) is 23.4 Å². The van der Waals surface area contributed by atoms with Crippen molar-refractivity contribution in [2.45, 2.75) is 6.92 Å². The van der Waals surface area contributed by atoms with Gasteiger partial charge in [-0.05, 0) is 23.9 Å². The Morgan fingerprint density at radius 3 is 2.91 bits per heavy atom. The van der Waals surface area contributed by atoms with Crippen molar-refractivity contribution in [3.63, 3.8) is 0 Å². The normalized spacial score (nSPS) is 9.55. The highest BCUT2D eigenvalue weighted by molar-refractivity contribution is 7.17. The first-order valence-electron chi connectivity index (χ1n) is 3.16. The zero-order valence-electron chi connectivity index (χ0n) is 6.37. The molecular formula is C8H10N2S. The third kappa shape index (κ3) is 1.25. The molecule has 0 radical (unpaired) electrons. The van der Waals surface area contributed by atoms with Crippen LogP contribution in [0.25, 0.3) is 10.1 Å². The molecule has 11 heavy (non-hydrogen) atoms. The first kappa shape index (κ1) is 8.17. The van der Waals surface area contributed by atoms with E-state index >= 15 is 0 Å². The fourth-order valence-electron chi connectivity index (χ4n) is 1.03. The number of hydrogen-bond acceptors (Lipinski definition) is 3. The highest BCUT2D eigenvalue weighted by atomic mass is 32.1. The number of aromatic nitrogens is 1. The number of thiophene rings is 1. The Morgan fingerprint density at radius 1 is 1.36 bits per heavy atom. The molecule has 0 aliphatic carbocycles. The van der Waals surface area contributed by atoms with E-state index in [4.69, 9.17) is 0 Å². The Bertz CT molecular complexity index is 354. The van der Waals surface area contributed by atoms with Crippen LogP contribution in [-0.4, -0.2) is 4.98 Å². The lowest BCUT2D eigenvalue weighted by Crippen LogP contribution is -1.73. The minimum atomic E-state index is 0. The maximum atomic E-state index is 4.09. The Balaban J connectivity index is 0.000000605. The third-order valence-electron chi connectivity index (χ3n) is 1.54. The van der Waals surface area contributed by atoms with Crippen molar-refractivity contribution in [1.29, 1.82) is 0 Å². The van der Waals surface area contributed by atoms with Crippen molar-refractivity contribution in [2.75, 3.05) is 0 Å². The molecule has 0 atom stereocenters. The van der Waals surface area contributed by atoms with Gasteiger partial charge in [0.15, 0.2) is 0 Å². The summed E-state index contributed by atoms with van der Waals surface area (Å²) < 4.78 is 1.36. The molecule has 0 aliphatic rings. The van der Waals surface area contributed by atoms with E-state index in [1.807, 2.05) is 12.4 Å². The smallest absolute Gasteiger partial charge is 0.0402 e. The van der Waals surface area contributed by atoms with E-state index < -0.39 is 0 Å². The Labute approximate surface area is 69.5 Å². The highest BCUT2D eigenvalue weighted by Crippen LogP contribution is 2.22. The molecule has 0 unspecified atom stereocenters. The summed E-state index contributed by atoms with van der Waals surface area (Å²) in [5, 5.41) is 3.35. The van der Waals surface area contributed by atoms with Gasteiger partial charge in [0, 0.05) is 22.5 Å². The Morgan fingerprint density at radius 2 is 2.18 bits per heavy atom. The summed E-state index contributed by atoms with van der Waals surface area (Å²) >= 11 is 1.77. The number of nitrogens with zero attached hydrogens (tertiary/aromatic N) is 1. The van der Waals surface area contributed by atoms with E-state index in [0.717, 1.165) is 0 Å². The third-order valence-corrected chi connectivity index (χ3v) is 2.60. The average molecular weight is 166 g/mol. The highest BCUT2D eigenvalue weighted by Gasteiger charge is 1.95. The van der Waals surface area contributed by atoms with Crippen LogP contribution in [-0.2, 0) is 0 Å². The lowest BCUT2D eigenvalue weighted by atomic mass is 10.2. The van der Waals surface area contributed by atoms with Gasteiger partial charge in [-0.25, -0.2) is 0 Å². The molecule has 0 fully saturated rings. The fraction of sp³-hybridized carbons (Fsp3) is 0.125. The standard InChI is InChI=1S/C8H7NS.H3N/c1-6-4-9-5-7-2-3-10-8(6)7;/h2-5H,1H3;1H3. The van der Waals surface area contributed by atoms with E-state index in [0.29, 0.717) is 0 Å². The van der Waals surface area contributed by atoms with Gasteiger partial charge in [-0.1, -0.05) is 0 Å². The monoisotopic (exact) mass is 166 g/mol. The van der Waals surface area contributed by atoms with Crippen molar-refractivity contribution in [1.82, 2.24) is 11.1 Å². The molecule has 0 amide bonds. The lowest BCUT2D eigenvalue weighted by molar-refractivity contribution is 1.32. The van der Waals surface area contributed by atoms with Gasteiger partial charge in [0.1, 0.15) is 0 Å². The van der Waals surface area contributed by atoms with Gasteiger partial charge < -0.3 is 6.15 Å². The fourth-order valence-corrected chi connectivity index (χ4v) is 1.88. The van der Waals surface area contributed by atoms with E-state index in [1.165, 1.54) is 15.6 Å². The SMILES string of the molecule is Cc1cncc2ccsc12.N. The second-order valence-corrected chi connectivity index (χ2v) is 3.21. The summed E-state index contributed by atoms with van der Waals surface area (Å²) in [6, 6.07) is 2.10. The molecule has 2 nitrogen and oxygen atoms in total. The van der Waals surface area contributed by atoms with Gasteiger partial charge in [0.25, 0.3) is 0 Å². The van der Waals surface area contributed by atoms with Crippen LogP contribution in [0.3, 0.4) is 0 Å². The van der Waals surface area contributed by atoms with Gasteiger partial charge in [-0.15, -0.1) is 11.3 Å². The first-order valence-corrected chi connectivity index (χ1v) is 4.04. The summed E-state index contributed by atoms with van der Waals surface area (Å²) in [5.41, 5.74) is 1.27. The second-order valence-electron chi connectivity index (χ2n) is 2.30.